The van der Waals surface area contributed by atoms with Gasteiger partial charge in [0.25, 0.3) is 0 Å². The summed E-state index contributed by atoms with van der Waals surface area (Å²) in [4.78, 5) is 0. The fourth-order valence-electron chi connectivity index (χ4n) is 2.04. The van der Waals surface area contributed by atoms with Gasteiger partial charge in [0.1, 0.15) is 5.75 Å². The van der Waals surface area contributed by atoms with Crippen LogP contribution < -0.4 is 10.1 Å². The maximum Gasteiger partial charge on any atom is 0.573 e. The van der Waals surface area contributed by atoms with Crippen molar-refractivity contribution >= 4 is 11.3 Å². The fourth-order valence-corrected chi connectivity index (χ4v) is 2.74. The van der Waals surface area contributed by atoms with Crippen LogP contribution in [0.25, 0.3) is 0 Å². The number of aliphatic hydroxyl groups excluding tert-OH is 1. The molecule has 0 fully saturated rings. The Morgan fingerprint density at radius 3 is 2.64 bits per heavy atom. The Labute approximate surface area is 130 Å². The third-order valence-corrected chi connectivity index (χ3v) is 3.86. The number of halogens is 3. The second kappa shape index (κ2) is 7.13. The number of rotatable bonds is 6. The van der Waals surface area contributed by atoms with Crippen molar-refractivity contribution in [2.75, 3.05) is 6.54 Å². The molecule has 0 aliphatic carbocycles. The van der Waals surface area contributed by atoms with Gasteiger partial charge in [-0.25, -0.2) is 0 Å². The Balaban J connectivity index is 2.02. The molecular formula is C15H16F3NO2S. The molecule has 0 saturated carbocycles. The maximum atomic E-state index is 12.4. The molecule has 0 saturated heterocycles. The van der Waals surface area contributed by atoms with Crippen molar-refractivity contribution in [2.24, 2.45) is 0 Å². The quantitative estimate of drug-likeness (QED) is 0.840. The lowest BCUT2D eigenvalue weighted by atomic mass is 10.1. The number of hydrogen-bond acceptors (Lipinski definition) is 4. The first-order valence-corrected chi connectivity index (χ1v) is 7.59. The number of para-hydroxylation sites is 1. The average Bonchev–Trinajstić information content (AvgIpc) is 2.97. The van der Waals surface area contributed by atoms with E-state index in [1.165, 1.54) is 23.5 Å². The van der Waals surface area contributed by atoms with Crippen LogP contribution in [-0.2, 0) is 0 Å². The van der Waals surface area contributed by atoms with Crippen LogP contribution in [0.1, 0.15) is 30.2 Å². The molecule has 2 rings (SSSR count). The first-order valence-electron chi connectivity index (χ1n) is 6.65. The first kappa shape index (κ1) is 16.8. The highest BCUT2D eigenvalue weighted by molar-refractivity contribution is 7.07. The molecule has 1 aromatic carbocycles. The third kappa shape index (κ3) is 4.72. The van der Waals surface area contributed by atoms with Crippen LogP contribution in [0.5, 0.6) is 5.75 Å². The summed E-state index contributed by atoms with van der Waals surface area (Å²) in [5.74, 6) is -0.236. The van der Waals surface area contributed by atoms with Gasteiger partial charge >= 0.3 is 6.36 Å². The molecule has 1 heterocycles. The minimum Gasteiger partial charge on any atom is -0.405 e. The second-order valence-corrected chi connectivity index (χ2v) is 5.57. The van der Waals surface area contributed by atoms with Crippen molar-refractivity contribution in [2.45, 2.75) is 25.4 Å². The SMILES string of the molecule is CC(NCC(O)c1ccsc1)c1ccccc1OC(F)(F)F. The molecule has 0 spiro atoms. The molecule has 1 aromatic heterocycles. The fraction of sp³-hybridized carbons (Fsp3) is 0.333. The van der Waals surface area contributed by atoms with Gasteiger partial charge in [-0.1, -0.05) is 18.2 Å². The summed E-state index contributed by atoms with van der Waals surface area (Å²) in [5.41, 5.74) is 1.17. The number of aliphatic hydroxyl groups is 1. The van der Waals surface area contributed by atoms with Crippen molar-refractivity contribution in [1.82, 2.24) is 5.32 Å². The summed E-state index contributed by atoms with van der Waals surface area (Å²) < 4.78 is 41.2. The monoisotopic (exact) mass is 331 g/mol. The molecule has 7 heteroatoms. The van der Waals surface area contributed by atoms with Crippen LogP contribution >= 0.6 is 11.3 Å². The van der Waals surface area contributed by atoms with Crippen LogP contribution in [-0.4, -0.2) is 18.0 Å². The molecule has 0 amide bonds. The Morgan fingerprint density at radius 1 is 1.27 bits per heavy atom. The molecule has 120 valence electrons. The van der Waals surface area contributed by atoms with E-state index in [9.17, 15) is 18.3 Å². The molecule has 22 heavy (non-hydrogen) atoms. The van der Waals surface area contributed by atoms with Gasteiger partial charge in [-0.05, 0) is 35.4 Å². The highest BCUT2D eigenvalue weighted by atomic mass is 32.1. The van der Waals surface area contributed by atoms with Gasteiger partial charge in [-0.15, -0.1) is 13.2 Å². The topological polar surface area (TPSA) is 41.5 Å². The van der Waals surface area contributed by atoms with Crippen LogP contribution in [0, 0.1) is 0 Å². The number of nitrogens with one attached hydrogen (secondary N) is 1. The number of benzene rings is 1. The van der Waals surface area contributed by atoms with Gasteiger partial charge in [0.15, 0.2) is 0 Å². The Bertz CT molecular complexity index is 587. The molecule has 0 aliphatic heterocycles. The van der Waals surface area contributed by atoms with E-state index in [1.807, 2.05) is 16.8 Å². The molecule has 2 aromatic rings. The second-order valence-electron chi connectivity index (χ2n) is 4.79. The number of ether oxygens (including phenoxy) is 1. The van der Waals surface area contributed by atoms with Crippen LogP contribution in [0.2, 0.25) is 0 Å². The number of hydrogen-bond donors (Lipinski definition) is 2. The van der Waals surface area contributed by atoms with Crippen LogP contribution in [0.15, 0.2) is 41.1 Å². The molecule has 2 N–H and O–H groups in total. The molecule has 0 aliphatic rings. The lowest BCUT2D eigenvalue weighted by Gasteiger charge is -2.20. The van der Waals surface area contributed by atoms with E-state index in [0.29, 0.717) is 5.56 Å². The minimum atomic E-state index is -4.73. The van der Waals surface area contributed by atoms with E-state index in [0.717, 1.165) is 5.56 Å². The first-order chi connectivity index (χ1) is 10.4. The Hall–Kier alpha value is -1.57. The van der Waals surface area contributed by atoms with E-state index >= 15 is 0 Å². The van der Waals surface area contributed by atoms with Gasteiger partial charge in [-0.2, -0.15) is 11.3 Å². The summed E-state index contributed by atoms with van der Waals surface area (Å²) in [6.07, 6.45) is -5.43. The largest absolute Gasteiger partial charge is 0.573 e. The smallest absolute Gasteiger partial charge is 0.405 e. The zero-order chi connectivity index (χ0) is 16.2. The van der Waals surface area contributed by atoms with Crippen molar-refractivity contribution in [3.05, 3.63) is 52.2 Å². The molecular weight excluding hydrogens is 315 g/mol. The van der Waals surface area contributed by atoms with E-state index in [2.05, 4.69) is 10.1 Å². The Morgan fingerprint density at radius 2 is 2.00 bits per heavy atom. The molecule has 2 unspecified atom stereocenters. The zero-order valence-electron chi connectivity index (χ0n) is 11.8. The molecule has 3 nitrogen and oxygen atoms in total. The highest BCUT2D eigenvalue weighted by Crippen LogP contribution is 2.30. The van der Waals surface area contributed by atoms with Gasteiger partial charge in [-0.3, -0.25) is 0 Å². The lowest BCUT2D eigenvalue weighted by Crippen LogP contribution is -2.26. The van der Waals surface area contributed by atoms with Crippen LogP contribution in [0.3, 0.4) is 0 Å². The zero-order valence-corrected chi connectivity index (χ0v) is 12.6. The van der Waals surface area contributed by atoms with Crippen LogP contribution in [0.4, 0.5) is 13.2 Å². The summed E-state index contributed by atoms with van der Waals surface area (Å²) in [5, 5.41) is 16.7. The van der Waals surface area contributed by atoms with Gasteiger partial charge in [0.05, 0.1) is 6.10 Å². The van der Waals surface area contributed by atoms with Gasteiger partial charge in [0.2, 0.25) is 0 Å². The highest BCUT2D eigenvalue weighted by Gasteiger charge is 2.32. The third-order valence-electron chi connectivity index (χ3n) is 3.16. The average molecular weight is 331 g/mol. The number of alkyl halides is 3. The lowest BCUT2D eigenvalue weighted by molar-refractivity contribution is -0.275. The van der Waals surface area contributed by atoms with E-state index in [1.54, 1.807) is 19.1 Å². The molecule has 0 radical (unpaired) electrons. The van der Waals surface area contributed by atoms with Gasteiger partial charge in [0, 0.05) is 18.2 Å². The standard InChI is InChI=1S/C15H16F3NO2S/c1-10(19-8-13(20)11-6-7-22-9-11)12-4-2-3-5-14(12)21-15(16,17)18/h2-7,9-10,13,19-20H,8H2,1H3. The Kier molecular flexibility index (Phi) is 5.44. The maximum absolute atomic E-state index is 12.4. The summed E-state index contributed by atoms with van der Waals surface area (Å²) in [6, 6.07) is 7.38. The van der Waals surface area contributed by atoms with Crippen molar-refractivity contribution in [1.29, 1.82) is 0 Å². The molecule has 0 bridgehead atoms. The van der Waals surface area contributed by atoms with E-state index in [4.69, 9.17) is 0 Å². The van der Waals surface area contributed by atoms with Gasteiger partial charge < -0.3 is 15.2 Å². The minimum absolute atomic E-state index is 0.234. The summed E-state index contributed by atoms with van der Waals surface area (Å²) in [7, 11) is 0. The van der Waals surface area contributed by atoms with Crippen molar-refractivity contribution in [3.63, 3.8) is 0 Å². The van der Waals surface area contributed by atoms with Crippen molar-refractivity contribution < 1.29 is 23.0 Å². The number of thiophene rings is 1. The summed E-state index contributed by atoms with van der Waals surface area (Å²) in [6.45, 7) is 1.96. The van der Waals surface area contributed by atoms with E-state index < -0.39 is 18.5 Å². The predicted octanol–water partition coefficient (Wildman–Crippen LogP) is 4.03. The predicted molar refractivity (Wildman–Crippen MR) is 78.8 cm³/mol. The summed E-state index contributed by atoms with van der Waals surface area (Å²) >= 11 is 1.47. The van der Waals surface area contributed by atoms with E-state index in [-0.39, 0.29) is 12.3 Å². The normalized spacial score (nSPS) is 14.6. The molecule has 2 atom stereocenters. The van der Waals surface area contributed by atoms with Crippen molar-refractivity contribution in [3.8, 4) is 5.75 Å².